The number of nitrogens with zero attached hydrogens (tertiary/aromatic N) is 3. The highest BCUT2D eigenvalue weighted by Crippen LogP contribution is 2.25. The van der Waals surface area contributed by atoms with E-state index in [-0.39, 0.29) is 11.8 Å². The third kappa shape index (κ3) is 6.75. The molecule has 2 aromatic carbocycles. The van der Waals surface area contributed by atoms with E-state index in [4.69, 9.17) is 21.9 Å². The number of ether oxygens (including phenoxy) is 1. The minimum absolute atomic E-state index is 0.0744. The van der Waals surface area contributed by atoms with Crippen LogP contribution in [-0.4, -0.2) is 37.2 Å². The van der Waals surface area contributed by atoms with Crippen LogP contribution in [0.15, 0.2) is 70.9 Å². The number of hydrogen-bond acceptors (Lipinski definition) is 6. The fourth-order valence-electron chi connectivity index (χ4n) is 3.92. The minimum Gasteiger partial charge on any atom is -0.494 e. The fraction of sp³-hybridized carbons (Fsp3) is 0.259. The number of aromatic nitrogens is 1. The van der Waals surface area contributed by atoms with Crippen LogP contribution in [0.5, 0.6) is 5.75 Å². The molecule has 1 aromatic heterocycles. The number of fused-ring (bicyclic) bond motifs is 1. The van der Waals surface area contributed by atoms with Crippen molar-refractivity contribution in [3.05, 3.63) is 83.0 Å². The average Bonchev–Trinajstić information content (AvgIpc) is 3.29. The summed E-state index contributed by atoms with van der Waals surface area (Å²) in [6, 6.07) is 15.0. The lowest BCUT2D eigenvalue weighted by molar-refractivity contribution is 0.313. The first kappa shape index (κ1) is 25.9. The van der Waals surface area contributed by atoms with E-state index in [0.717, 1.165) is 35.1 Å². The van der Waals surface area contributed by atoms with E-state index in [0.29, 0.717) is 55.3 Å². The van der Waals surface area contributed by atoms with Crippen molar-refractivity contribution in [1.29, 1.82) is 0 Å². The number of halogens is 1. The Bertz CT molecular complexity index is 1390. The van der Waals surface area contributed by atoms with Gasteiger partial charge in [0.05, 0.1) is 6.61 Å². The number of aromatic amines is 1. The fourth-order valence-corrected chi connectivity index (χ4v) is 3.92. The molecule has 0 amide bonds. The summed E-state index contributed by atoms with van der Waals surface area (Å²) >= 11 is 0. The molecule has 1 aliphatic heterocycles. The number of nitrogens with two attached hydrogens (primary N) is 3. The molecular formula is C27H33FN8O. The summed E-state index contributed by atoms with van der Waals surface area (Å²) in [5, 5.41) is 4.08. The molecule has 194 valence electrons. The topological polar surface area (TPSA) is 143 Å². The Morgan fingerprint density at radius 2 is 2.03 bits per heavy atom. The summed E-state index contributed by atoms with van der Waals surface area (Å²) in [5.74, 6) is 1.04. The van der Waals surface area contributed by atoms with Gasteiger partial charge in [-0.1, -0.05) is 24.8 Å². The Morgan fingerprint density at radius 3 is 2.81 bits per heavy atom. The molecule has 37 heavy (non-hydrogen) atoms. The molecule has 9 nitrogen and oxygen atoms in total. The quantitative estimate of drug-likeness (QED) is 0.144. The third-order valence-corrected chi connectivity index (χ3v) is 5.81. The first-order valence-electron chi connectivity index (χ1n) is 12.2. The lowest BCUT2D eigenvalue weighted by Crippen LogP contribution is -2.33. The van der Waals surface area contributed by atoms with Crippen molar-refractivity contribution in [3.63, 3.8) is 0 Å². The highest BCUT2D eigenvalue weighted by atomic mass is 19.1. The van der Waals surface area contributed by atoms with E-state index in [1.54, 1.807) is 11.0 Å². The van der Waals surface area contributed by atoms with Crippen LogP contribution >= 0.6 is 0 Å². The van der Waals surface area contributed by atoms with Crippen molar-refractivity contribution < 1.29 is 9.13 Å². The molecule has 10 heteroatoms. The summed E-state index contributed by atoms with van der Waals surface area (Å²) in [7, 11) is 0. The maximum Gasteiger partial charge on any atom is 0.185 e. The minimum atomic E-state index is -0.303. The van der Waals surface area contributed by atoms with Crippen LogP contribution in [0.25, 0.3) is 17.5 Å². The summed E-state index contributed by atoms with van der Waals surface area (Å²) in [6.45, 7) is 6.84. The molecule has 0 spiro atoms. The van der Waals surface area contributed by atoms with Gasteiger partial charge in [0.25, 0.3) is 0 Å². The summed E-state index contributed by atoms with van der Waals surface area (Å²) < 4.78 is 20.6. The van der Waals surface area contributed by atoms with Crippen LogP contribution in [0.3, 0.4) is 0 Å². The second kappa shape index (κ2) is 12.2. The number of H-pyrrole nitrogens is 1. The third-order valence-electron chi connectivity index (χ3n) is 5.81. The van der Waals surface area contributed by atoms with E-state index in [2.05, 4.69) is 26.9 Å². The zero-order valence-electron chi connectivity index (χ0n) is 20.7. The van der Waals surface area contributed by atoms with E-state index in [1.165, 1.54) is 6.07 Å². The van der Waals surface area contributed by atoms with Gasteiger partial charge in [0, 0.05) is 47.0 Å². The number of guanidine groups is 1. The summed E-state index contributed by atoms with van der Waals surface area (Å²) in [6.07, 6.45) is 3.46. The highest BCUT2D eigenvalue weighted by Gasteiger charge is 2.15. The molecule has 3 aromatic rings. The molecule has 0 bridgehead atoms. The number of benzene rings is 2. The van der Waals surface area contributed by atoms with Gasteiger partial charge in [0.1, 0.15) is 22.9 Å². The predicted molar refractivity (Wildman–Crippen MR) is 146 cm³/mol. The summed E-state index contributed by atoms with van der Waals surface area (Å²) in [4.78, 5) is 13.7. The molecule has 0 unspecified atom stereocenters. The number of anilines is 1. The molecule has 0 aliphatic carbocycles. The number of aliphatic imine (C=N–C) groups is 1. The second-order valence-electron chi connectivity index (χ2n) is 8.65. The monoisotopic (exact) mass is 504 g/mol. The number of rotatable bonds is 12. The predicted octanol–water partition coefficient (Wildman–Crippen LogP) is 1.65. The molecule has 2 heterocycles. The smallest absolute Gasteiger partial charge is 0.185 e. The average molecular weight is 505 g/mol. The first-order valence-corrected chi connectivity index (χ1v) is 12.2. The van der Waals surface area contributed by atoms with Crippen LogP contribution in [0.2, 0.25) is 0 Å². The van der Waals surface area contributed by atoms with Gasteiger partial charge in [-0.3, -0.25) is 4.99 Å². The maximum absolute atomic E-state index is 14.9. The van der Waals surface area contributed by atoms with Crippen molar-refractivity contribution in [2.45, 2.75) is 19.4 Å². The molecule has 8 N–H and O–H groups in total. The molecule has 4 rings (SSSR count). The Labute approximate surface area is 215 Å². The lowest BCUT2D eigenvalue weighted by atomic mass is 10.1. The molecule has 0 fully saturated rings. The van der Waals surface area contributed by atoms with Crippen LogP contribution < -0.4 is 42.9 Å². The van der Waals surface area contributed by atoms with E-state index in [1.807, 2.05) is 42.6 Å². The Kier molecular flexibility index (Phi) is 8.55. The van der Waals surface area contributed by atoms with E-state index < -0.39 is 0 Å². The molecule has 0 radical (unpaired) electrons. The molecule has 1 aliphatic rings. The van der Waals surface area contributed by atoms with Crippen molar-refractivity contribution in [1.82, 2.24) is 10.3 Å². The Balaban J connectivity index is 1.46. The van der Waals surface area contributed by atoms with Gasteiger partial charge in [0.15, 0.2) is 5.96 Å². The van der Waals surface area contributed by atoms with Crippen molar-refractivity contribution in [2.75, 3.05) is 31.1 Å². The highest BCUT2D eigenvalue weighted by molar-refractivity contribution is 5.75. The second-order valence-corrected chi connectivity index (χ2v) is 8.65. The lowest BCUT2D eigenvalue weighted by Gasteiger charge is -2.22. The molecule has 0 saturated heterocycles. The van der Waals surface area contributed by atoms with Gasteiger partial charge in [-0.15, -0.1) is 0 Å². The van der Waals surface area contributed by atoms with Crippen LogP contribution in [0, 0.1) is 5.82 Å². The number of nitrogens with one attached hydrogen (secondary N) is 2. The zero-order chi connectivity index (χ0) is 26.2. The molecule has 0 saturated carbocycles. The largest absolute Gasteiger partial charge is 0.494 e. The van der Waals surface area contributed by atoms with Gasteiger partial charge in [-0.05, 0) is 56.3 Å². The van der Waals surface area contributed by atoms with Crippen molar-refractivity contribution in [2.24, 2.45) is 27.2 Å². The normalized spacial score (nSPS) is 12.5. The first-order chi connectivity index (χ1) is 17.9. The van der Waals surface area contributed by atoms with Gasteiger partial charge < -0.3 is 37.1 Å². The van der Waals surface area contributed by atoms with Crippen molar-refractivity contribution in [3.8, 4) is 17.0 Å². The number of hydrogen-bond donors (Lipinski definition) is 5. The van der Waals surface area contributed by atoms with Crippen LogP contribution in [0.4, 0.5) is 10.1 Å². The van der Waals surface area contributed by atoms with Gasteiger partial charge in [-0.2, -0.15) is 0 Å². The van der Waals surface area contributed by atoms with Crippen LogP contribution in [0.1, 0.15) is 18.4 Å². The maximum atomic E-state index is 14.9. The van der Waals surface area contributed by atoms with E-state index >= 15 is 0 Å². The molecular weight excluding hydrogens is 471 g/mol. The van der Waals surface area contributed by atoms with E-state index in [9.17, 15) is 4.39 Å². The van der Waals surface area contributed by atoms with Gasteiger partial charge in [-0.25, -0.2) is 9.38 Å². The van der Waals surface area contributed by atoms with Gasteiger partial charge >= 0.3 is 0 Å². The zero-order valence-corrected chi connectivity index (χ0v) is 20.7. The Morgan fingerprint density at radius 1 is 1.16 bits per heavy atom. The standard InChI is InChI=1S/C27H33FN8O/c1-18-34-26-21(14-25(35-26)19-5-2-6-23(13-19)37-12-3-9-29)17-36(18)22-8-7-20(24(28)15-22)16-32-10-4-11-33-27(30)31/h2,5-8,13-15,17,32H,1,3-4,9-12,16,29H2,(H,34,35)(H4,30,31,33). The SMILES string of the molecule is C=C1N=c2[nH]c(-c3cccc(OCCCN)c3)cc2=CN1c1ccc(CNCCCN=C(N)N)c(F)c1. The molecule has 0 atom stereocenters. The van der Waals surface area contributed by atoms with Crippen molar-refractivity contribution >= 4 is 17.8 Å². The van der Waals surface area contributed by atoms with Crippen LogP contribution in [-0.2, 0) is 6.54 Å². The van der Waals surface area contributed by atoms with Gasteiger partial charge in [0.2, 0.25) is 0 Å². The Hall–Kier alpha value is -4.15. The summed E-state index contributed by atoms with van der Waals surface area (Å²) in [5.41, 5.74) is 20.0.